The topological polar surface area (TPSA) is 77.1 Å². The van der Waals surface area contributed by atoms with Crippen molar-refractivity contribution in [2.75, 3.05) is 13.1 Å². The molecule has 0 spiro atoms. The largest absolute Gasteiger partial charge is 0.352 e. The summed E-state index contributed by atoms with van der Waals surface area (Å²) in [6.45, 7) is 5.02. The Balaban J connectivity index is 0.00000145. The first-order valence-electron chi connectivity index (χ1n) is 10.00. The lowest BCUT2D eigenvalue weighted by molar-refractivity contribution is -0.0452. The number of alkyl halides is 2. The number of pyridine rings is 1. The lowest BCUT2D eigenvalue weighted by Crippen LogP contribution is -2.34. The van der Waals surface area contributed by atoms with Gasteiger partial charge in [0.1, 0.15) is 0 Å². The van der Waals surface area contributed by atoms with Gasteiger partial charge in [0.2, 0.25) is 5.92 Å². The smallest absolute Gasteiger partial charge is 0.258 e. The average Bonchev–Trinajstić information content (AvgIpc) is 2.70. The number of hydrogen-bond donors (Lipinski definition) is 2. The highest BCUT2D eigenvalue weighted by Gasteiger charge is 2.34. The van der Waals surface area contributed by atoms with Crippen LogP contribution in [0.2, 0.25) is 5.02 Å². The van der Waals surface area contributed by atoms with Gasteiger partial charge in [0.15, 0.2) is 0 Å². The summed E-state index contributed by atoms with van der Waals surface area (Å²) in [4.78, 5) is 25.2. The van der Waals surface area contributed by atoms with E-state index >= 15 is 0 Å². The zero-order valence-corrected chi connectivity index (χ0v) is 17.6. The molecule has 1 aromatic heterocycles. The van der Waals surface area contributed by atoms with Crippen LogP contribution in [0.25, 0.3) is 10.8 Å². The van der Waals surface area contributed by atoms with Crippen molar-refractivity contribution in [2.45, 2.75) is 52.0 Å². The van der Waals surface area contributed by atoms with E-state index in [-0.39, 0.29) is 34.9 Å². The quantitative estimate of drug-likeness (QED) is 0.750. The van der Waals surface area contributed by atoms with Crippen molar-refractivity contribution >= 4 is 28.3 Å². The monoisotopic (exact) mass is 427 g/mol. The highest BCUT2D eigenvalue weighted by molar-refractivity contribution is 6.35. The molecule has 0 radical (unpaired) electrons. The van der Waals surface area contributed by atoms with Gasteiger partial charge in [-0.3, -0.25) is 9.59 Å². The minimum Gasteiger partial charge on any atom is -0.352 e. The number of rotatable bonds is 5. The van der Waals surface area contributed by atoms with Crippen LogP contribution in [-0.2, 0) is 6.54 Å². The fourth-order valence-electron chi connectivity index (χ4n) is 3.51. The molecule has 29 heavy (non-hydrogen) atoms. The van der Waals surface area contributed by atoms with Crippen molar-refractivity contribution in [2.24, 2.45) is 11.7 Å². The van der Waals surface area contributed by atoms with Gasteiger partial charge in [0.25, 0.3) is 11.5 Å². The summed E-state index contributed by atoms with van der Waals surface area (Å²) in [5, 5.41) is 3.89. The normalized spacial score (nSPS) is 16.2. The van der Waals surface area contributed by atoms with Gasteiger partial charge in [0, 0.05) is 49.4 Å². The lowest BCUT2D eigenvalue weighted by Gasteiger charge is -2.28. The Kier molecular flexibility index (Phi) is 8.16. The molecule has 1 saturated carbocycles. The van der Waals surface area contributed by atoms with E-state index in [9.17, 15) is 18.4 Å². The minimum atomic E-state index is -2.59. The van der Waals surface area contributed by atoms with E-state index in [4.69, 9.17) is 17.3 Å². The lowest BCUT2D eigenvalue weighted by atomic mass is 9.87. The Labute approximate surface area is 174 Å². The summed E-state index contributed by atoms with van der Waals surface area (Å²) < 4.78 is 28.0. The number of nitrogens with two attached hydrogens (primary N) is 1. The van der Waals surface area contributed by atoms with Crippen LogP contribution in [0.3, 0.4) is 0 Å². The molecule has 0 atom stereocenters. The summed E-state index contributed by atoms with van der Waals surface area (Å²) >= 11 is 6.22. The predicted molar refractivity (Wildman–Crippen MR) is 113 cm³/mol. The molecule has 8 heteroatoms. The van der Waals surface area contributed by atoms with Crippen LogP contribution in [-0.4, -0.2) is 29.5 Å². The first kappa shape index (κ1) is 23.3. The van der Waals surface area contributed by atoms with E-state index in [0.717, 1.165) is 0 Å². The molecule has 1 aliphatic rings. The Bertz CT molecular complexity index is 905. The van der Waals surface area contributed by atoms with Gasteiger partial charge in [-0.25, -0.2) is 8.78 Å². The average molecular weight is 428 g/mol. The highest BCUT2D eigenvalue weighted by Crippen LogP contribution is 2.35. The second-order valence-electron chi connectivity index (χ2n) is 7.00. The van der Waals surface area contributed by atoms with E-state index in [1.54, 1.807) is 18.3 Å². The molecule has 5 nitrogen and oxygen atoms in total. The fraction of sp³-hybridized carbons (Fsp3) is 0.524. The van der Waals surface area contributed by atoms with Crippen LogP contribution in [0.5, 0.6) is 0 Å². The number of carbonyl (C=O) groups excluding carboxylic acids is 1. The van der Waals surface area contributed by atoms with Crippen LogP contribution < -0.4 is 16.6 Å². The van der Waals surface area contributed by atoms with Crippen LogP contribution in [0, 0.1) is 5.92 Å². The van der Waals surface area contributed by atoms with E-state index in [1.165, 1.54) is 10.6 Å². The molecule has 0 aliphatic heterocycles. The van der Waals surface area contributed by atoms with Gasteiger partial charge < -0.3 is 15.6 Å². The van der Waals surface area contributed by atoms with Crippen LogP contribution in [0.15, 0.2) is 29.2 Å². The molecule has 2 aromatic rings. The van der Waals surface area contributed by atoms with Gasteiger partial charge in [-0.1, -0.05) is 25.4 Å². The number of halogens is 3. The number of fused-ring (bicyclic) bond motifs is 1. The van der Waals surface area contributed by atoms with Gasteiger partial charge >= 0.3 is 0 Å². The third-order valence-electron chi connectivity index (χ3n) is 5.09. The van der Waals surface area contributed by atoms with E-state index in [2.05, 4.69) is 5.32 Å². The van der Waals surface area contributed by atoms with Crippen molar-refractivity contribution in [1.82, 2.24) is 9.88 Å². The molecular weight excluding hydrogens is 400 g/mol. The van der Waals surface area contributed by atoms with Crippen molar-refractivity contribution in [3.8, 4) is 0 Å². The predicted octanol–water partition coefficient (Wildman–Crippen LogP) is 4.20. The second kappa shape index (κ2) is 10.2. The van der Waals surface area contributed by atoms with Crippen LogP contribution >= 0.6 is 11.6 Å². The summed E-state index contributed by atoms with van der Waals surface area (Å²) in [5.41, 5.74) is 5.50. The molecule has 3 rings (SSSR count). The minimum absolute atomic E-state index is 0.0177. The number of amides is 1. The summed E-state index contributed by atoms with van der Waals surface area (Å²) in [5.74, 6) is -2.98. The number of nitrogens with zero attached hydrogens (tertiary/aromatic N) is 1. The first-order chi connectivity index (χ1) is 13.8. The zero-order valence-electron chi connectivity index (χ0n) is 16.8. The molecule has 3 N–H and O–H groups in total. The highest BCUT2D eigenvalue weighted by atomic mass is 35.5. The van der Waals surface area contributed by atoms with Gasteiger partial charge in [-0.2, -0.15) is 0 Å². The molecular formula is C21H28ClF2N3O2. The molecule has 1 fully saturated rings. The second-order valence-corrected chi connectivity index (χ2v) is 7.40. The van der Waals surface area contributed by atoms with Crippen molar-refractivity contribution in [1.29, 1.82) is 0 Å². The Hall–Kier alpha value is -1.99. The maximum absolute atomic E-state index is 13.3. The third kappa shape index (κ3) is 5.54. The SMILES string of the molecule is CC.NCCn1ccc2c(C(=O)NCC3CCC(F)(F)CC3)c(Cl)ccc2c1=O. The summed E-state index contributed by atoms with van der Waals surface area (Å²) in [6, 6.07) is 4.79. The van der Waals surface area contributed by atoms with Crippen LogP contribution in [0.1, 0.15) is 49.9 Å². The summed E-state index contributed by atoms with van der Waals surface area (Å²) in [7, 11) is 0. The van der Waals surface area contributed by atoms with Gasteiger partial charge in [-0.15, -0.1) is 0 Å². The van der Waals surface area contributed by atoms with E-state index in [1.807, 2.05) is 13.8 Å². The maximum Gasteiger partial charge on any atom is 0.258 e. The fourth-order valence-corrected chi connectivity index (χ4v) is 3.77. The van der Waals surface area contributed by atoms with Crippen molar-refractivity contribution in [3.63, 3.8) is 0 Å². The van der Waals surface area contributed by atoms with Crippen molar-refractivity contribution < 1.29 is 13.6 Å². The maximum atomic E-state index is 13.3. The molecule has 1 aromatic carbocycles. The van der Waals surface area contributed by atoms with Crippen molar-refractivity contribution in [3.05, 3.63) is 45.3 Å². The van der Waals surface area contributed by atoms with E-state index in [0.29, 0.717) is 43.2 Å². The zero-order chi connectivity index (χ0) is 21.6. The number of nitrogens with one attached hydrogen (secondary N) is 1. The van der Waals surface area contributed by atoms with Gasteiger partial charge in [-0.05, 0) is 37.0 Å². The molecule has 160 valence electrons. The summed E-state index contributed by atoms with van der Waals surface area (Å²) in [6.07, 6.45) is 2.04. The molecule has 1 heterocycles. The molecule has 0 unspecified atom stereocenters. The standard InChI is InChI=1S/C19H22ClF2N3O2.C2H6/c20-15-2-1-14-13(5-9-25(10-8-23)18(14)27)16(15)17(26)24-11-12-3-6-19(21,22)7-4-12;1-2/h1-2,5,9,12H,3-4,6-8,10-11,23H2,(H,24,26);1-2H3. The molecule has 0 saturated heterocycles. The molecule has 0 bridgehead atoms. The molecule has 1 aliphatic carbocycles. The Morgan fingerprint density at radius 2 is 1.90 bits per heavy atom. The Morgan fingerprint density at radius 1 is 1.24 bits per heavy atom. The number of benzene rings is 1. The Morgan fingerprint density at radius 3 is 2.52 bits per heavy atom. The number of carbonyl (C=O) groups is 1. The molecule has 1 amide bonds. The van der Waals surface area contributed by atoms with Crippen LogP contribution in [0.4, 0.5) is 8.78 Å². The van der Waals surface area contributed by atoms with E-state index < -0.39 is 11.8 Å². The number of hydrogen-bond acceptors (Lipinski definition) is 3. The van der Waals surface area contributed by atoms with Gasteiger partial charge in [0.05, 0.1) is 10.6 Å². The first-order valence-corrected chi connectivity index (χ1v) is 10.4. The third-order valence-corrected chi connectivity index (χ3v) is 5.41. The number of aromatic nitrogens is 1.